The Kier molecular flexibility index (Phi) is 6.74. The summed E-state index contributed by atoms with van der Waals surface area (Å²) >= 11 is 1.73. The number of rotatable bonds is 7. The van der Waals surface area contributed by atoms with Crippen molar-refractivity contribution in [2.75, 3.05) is 30.3 Å². The Balaban J connectivity index is 1.31. The number of nitrogens with one attached hydrogen (secondary N) is 1. The van der Waals surface area contributed by atoms with Crippen molar-refractivity contribution in [1.29, 1.82) is 0 Å². The van der Waals surface area contributed by atoms with Crippen molar-refractivity contribution in [2.24, 2.45) is 5.92 Å². The normalized spacial score (nSPS) is 15.1. The molecule has 0 spiro atoms. The van der Waals surface area contributed by atoms with Crippen LogP contribution in [0.3, 0.4) is 0 Å². The van der Waals surface area contributed by atoms with Gasteiger partial charge in [0.15, 0.2) is 0 Å². The fraction of sp³-hybridized carbons (Fsp3) is 0.400. The molecule has 25 heavy (non-hydrogen) atoms. The van der Waals surface area contributed by atoms with Crippen molar-refractivity contribution in [3.8, 4) is 0 Å². The topological polar surface area (TPSA) is 45.2 Å². The summed E-state index contributed by atoms with van der Waals surface area (Å²) in [7, 11) is 0. The van der Waals surface area contributed by atoms with Gasteiger partial charge in [-0.3, -0.25) is 4.79 Å². The van der Waals surface area contributed by atoms with Gasteiger partial charge in [0.05, 0.1) is 0 Å². The van der Waals surface area contributed by atoms with Gasteiger partial charge in [-0.25, -0.2) is 4.98 Å². The quantitative estimate of drug-likeness (QED) is 0.771. The Morgan fingerprint density at radius 1 is 1.12 bits per heavy atom. The number of anilines is 1. The molecule has 0 bridgehead atoms. The lowest BCUT2D eigenvalue weighted by molar-refractivity contribution is -0.120. The van der Waals surface area contributed by atoms with Crippen LogP contribution in [0, 0.1) is 5.92 Å². The molecule has 132 valence electrons. The molecule has 0 aliphatic carbocycles. The van der Waals surface area contributed by atoms with E-state index in [4.69, 9.17) is 0 Å². The number of nitrogens with zero attached hydrogens (tertiary/aromatic N) is 2. The first-order valence-electron chi connectivity index (χ1n) is 8.92. The average Bonchev–Trinajstić information content (AvgIpc) is 2.68. The molecule has 1 aromatic heterocycles. The molecule has 0 unspecified atom stereocenters. The lowest BCUT2D eigenvalue weighted by Crippen LogP contribution is -2.39. The van der Waals surface area contributed by atoms with Gasteiger partial charge in [-0.05, 0) is 43.0 Å². The number of piperidine rings is 1. The SMILES string of the molecule is O=C(CCSc1ccccc1)NCC1CCN(c2ccccn2)CC1. The van der Waals surface area contributed by atoms with E-state index >= 15 is 0 Å². The second kappa shape index (κ2) is 9.47. The standard InChI is InChI=1S/C20H25N3OS/c24-20(11-15-25-18-6-2-1-3-7-18)22-16-17-9-13-23(14-10-17)19-8-4-5-12-21-19/h1-8,12,17H,9-11,13-16H2,(H,22,24). The summed E-state index contributed by atoms with van der Waals surface area (Å²) < 4.78 is 0. The first-order valence-corrected chi connectivity index (χ1v) is 9.90. The maximum absolute atomic E-state index is 12.0. The number of carbonyl (C=O) groups excluding carboxylic acids is 1. The van der Waals surface area contributed by atoms with Crippen LogP contribution < -0.4 is 10.2 Å². The van der Waals surface area contributed by atoms with Crippen LogP contribution in [0.2, 0.25) is 0 Å². The van der Waals surface area contributed by atoms with Gasteiger partial charge in [-0.2, -0.15) is 0 Å². The van der Waals surface area contributed by atoms with Gasteiger partial charge in [-0.15, -0.1) is 11.8 Å². The van der Waals surface area contributed by atoms with E-state index < -0.39 is 0 Å². The summed E-state index contributed by atoms with van der Waals surface area (Å²) in [6, 6.07) is 16.3. The molecule has 0 atom stereocenters. The first-order chi connectivity index (χ1) is 12.3. The third-order valence-electron chi connectivity index (χ3n) is 4.52. The molecule has 1 amide bonds. The average molecular weight is 356 g/mol. The molecule has 0 radical (unpaired) electrons. The minimum atomic E-state index is 0.163. The van der Waals surface area contributed by atoms with E-state index in [9.17, 15) is 4.79 Å². The number of pyridine rings is 1. The number of hydrogen-bond acceptors (Lipinski definition) is 4. The second-order valence-corrected chi connectivity index (χ2v) is 7.50. The lowest BCUT2D eigenvalue weighted by Gasteiger charge is -2.32. The molecule has 4 nitrogen and oxygen atoms in total. The van der Waals surface area contributed by atoms with Crippen molar-refractivity contribution in [3.05, 3.63) is 54.7 Å². The zero-order chi connectivity index (χ0) is 17.3. The van der Waals surface area contributed by atoms with E-state index in [1.165, 1.54) is 4.90 Å². The molecule has 3 rings (SSSR count). The third kappa shape index (κ3) is 5.78. The van der Waals surface area contributed by atoms with Crippen LogP contribution in [-0.2, 0) is 4.79 Å². The fourth-order valence-electron chi connectivity index (χ4n) is 3.03. The summed E-state index contributed by atoms with van der Waals surface area (Å²) in [4.78, 5) is 20.0. The van der Waals surface area contributed by atoms with Crippen LogP contribution in [0.4, 0.5) is 5.82 Å². The number of benzene rings is 1. The van der Waals surface area contributed by atoms with E-state index in [0.29, 0.717) is 12.3 Å². The number of carbonyl (C=O) groups is 1. The van der Waals surface area contributed by atoms with Crippen LogP contribution in [0.15, 0.2) is 59.6 Å². The molecular weight excluding hydrogens is 330 g/mol. The molecule has 2 heterocycles. The van der Waals surface area contributed by atoms with Crippen LogP contribution in [0.1, 0.15) is 19.3 Å². The van der Waals surface area contributed by atoms with E-state index in [1.807, 2.05) is 36.5 Å². The zero-order valence-electron chi connectivity index (χ0n) is 14.4. The highest BCUT2D eigenvalue weighted by atomic mass is 32.2. The van der Waals surface area contributed by atoms with Gasteiger partial charge < -0.3 is 10.2 Å². The Morgan fingerprint density at radius 2 is 1.88 bits per heavy atom. The molecule has 0 saturated carbocycles. The van der Waals surface area contributed by atoms with E-state index in [-0.39, 0.29) is 5.91 Å². The Labute approximate surface area is 154 Å². The van der Waals surface area contributed by atoms with Crippen molar-refractivity contribution in [1.82, 2.24) is 10.3 Å². The van der Waals surface area contributed by atoms with Crippen molar-refractivity contribution >= 4 is 23.5 Å². The van der Waals surface area contributed by atoms with E-state index in [2.05, 4.69) is 33.4 Å². The maximum atomic E-state index is 12.0. The van der Waals surface area contributed by atoms with E-state index in [1.54, 1.807) is 11.8 Å². The number of thioether (sulfide) groups is 1. The molecule has 1 saturated heterocycles. The maximum Gasteiger partial charge on any atom is 0.220 e. The van der Waals surface area contributed by atoms with Gasteiger partial charge in [-0.1, -0.05) is 24.3 Å². The summed E-state index contributed by atoms with van der Waals surface area (Å²) in [6.07, 6.45) is 4.63. The van der Waals surface area contributed by atoms with Gasteiger partial charge >= 0.3 is 0 Å². The molecule has 1 fully saturated rings. The molecule has 1 aromatic carbocycles. The highest BCUT2D eigenvalue weighted by Gasteiger charge is 2.20. The monoisotopic (exact) mass is 355 g/mol. The van der Waals surface area contributed by atoms with Crippen LogP contribution >= 0.6 is 11.8 Å². The minimum absolute atomic E-state index is 0.163. The highest BCUT2D eigenvalue weighted by molar-refractivity contribution is 7.99. The van der Waals surface area contributed by atoms with Crippen LogP contribution in [-0.4, -0.2) is 36.3 Å². The number of aromatic nitrogens is 1. The first kappa shape index (κ1) is 17.8. The molecule has 1 aliphatic rings. The minimum Gasteiger partial charge on any atom is -0.357 e. The van der Waals surface area contributed by atoms with Gasteiger partial charge in [0.1, 0.15) is 5.82 Å². The van der Waals surface area contributed by atoms with Gasteiger partial charge in [0, 0.05) is 42.9 Å². The van der Waals surface area contributed by atoms with Crippen molar-refractivity contribution < 1.29 is 4.79 Å². The number of hydrogen-bond donors (Lipinski definition) is 1. The summed E-state index contributed by atoms with van der Waals surface area (Å²) in [5.41, 5.74) is 0. The van der Waals surface area contributed by atoms with Crippen LogP contribution in [0.5, 0.6) is 0 Å². The van der Waals surface area contributed by atoms with Gasteiger partial charge in [0.25, 0.3) is 0 Å². The lowest BCUT2D eigenvalue weighted by atomic mass is 9.96. The zero-order valence-corrected chi connectivity index (χ0v) is 15.3. The third-order valence-corrected chi connectivity index (χ3v) is 5.53. The van der Waals surface area contributed by atoms with Gasteiger partial charge in [0.2, 0.25) is 5.91 Å². The summed E-state index contributed by atoms with van der Waals surface area (Å²) in [6.45, 7) is 2.83. The van der Waals surface area contributed by atoms with Crippen molar-refractivity contribution in [2.45, 2.75) is 24.2 Å². The molecular formula is C20H25N3OS. The Hall–Kier alpha value is -2.01. The predicted octanol–water partition coefficient (Wildman–Crippen LogP) is 3.60. The highest BCUT2D eigenvalue weighted by Crippen LogP contribution is 2.21. The summed E-state index contributed by atoms with van der Waals surface area (Å²) in [5, 5.41) is 3.11. The van der Waals surface area contributed by atoms with Crippen LogP contribution in [0.25, 0.3) is 0 Å². The second-order valence-electron chi connectivity index (χ2n) is 6.33. The largest absolute Gasteiger partial charge is 0.357 e. The number of amides is 1. The smallest absolute Gasteiger partial charge is 0.220 e. The van der Waals surface area contributed by atoms with Crippen molar-refractivity contribution in [3.63, 3.8) is 0 Å². The molecule has 1 N–H and O–H groups in total. The summed E-state index contributed by atoms with van der Waals surface area (Å²) in [5.74, 6) is 2.62. The Bertz CT molecular complexity index is 643. The molecule has 2 aromatic rings. The fourth-order valence-corrected chi connectivity index (χ4v) is 3.90. The predicted molar refractivity (Wildman–Crippen MR) is 104 cm³/mol. The van der Waals surface area contributed by atoms with E-state index in [0.717, 1.165) is 44.0 Å². The Morgan fingerprint density at radius 3 is 2.60 bits per heavy atom. The molecule has 1 aliphatic heterocycles. The molecule has 5 heteroatoms.